The zero-order chi connectivity index (χ0) is 16.7. The van der Waals surface area contributed by atoms with E-state index in [-0.39, 0.29) is 17.3 Å². The van der Waals surface area contributed by atoms with Crippen LogP contribution < -0.4 is 16.6 Å². The van der Waals surface area contributed by atoms with Crippen LogP contribution >= 0.6 is 11.6 Å². The normalized spacial score (nSPS) is 16.7. The number of anilines is 2. The van der Waals surface area contributed by atoms with E-state index in [0.29, 0.717) is 27.7 Å². The molecule has 0 radical (unpaired) electrons. The molecule has 1 unspecified atom stereocenters. The minimum Gasteiger partial charge on any atom is -0.369 e. The molecule has 1 aliphatic heterocycles. The van der Waals surface area contributed by atoms with Gasteiger partial charge in [0.05, 0.1) is 5.56 Å². The highest BCUT2D eigenvalue weighted by molar-refractivity contribution is 6.30. The van der Waals surface area contributed by atoms with E-state index in [2.05, 4.69) is 15.3 Å². The standard InChI is InChI=1S/C16H15ClN4O2/c1-7-11(8(2)22)12(9-3-5-10(17)6-4-9)13-14(19-7)20-16(18)21-15(13)23/h3-6,12H,1-2H3,(H4,18,19,20,21,23). The molecule has 7 heteroatoms. The van der Waals surface area contributed by atoms with E-state index in [1.165, 1.54) is 6.92 Å². The number of nitrogen functional groups attached to an aromatic ring is 1. The summed E-state index contributed by atoms with van der Waals surface area (Å²) in [6.45, 7) is 3.26. The third-order valence-corrected chi connectivity index (χ3v) is 4.10. The van der Waals surface area contributed by atoms with Crippen LogP contribution in [0.3, 0.4) is 0 Å². The third kappa shape index (κ3) is 2.61. The van der Waals surface area contributed by atoms with Crippen molar-refractivity contribution < 1.29 is 4.79 Å². The quantitative estimate of drug-likeness (QED) is 0.785. The molecule has 0 bridgehead atoms. The van der Waals surface area contributed by atoms with Gasteiger partial charge in [0.25, 0.3) is 5.56 Å². The molecule has 0 saturated heterocycles. The van der Waals surface area contributed by atoms with Crippen LogP contribution in [0.15, 0.2) is 40.3 Å². The maximum Gasteiger partial charge on any atom is 0.258 e. The number of hydrogen-bond acceptors (Lipinski definition) is 5. The Balaban J connectivity index is 2.31. The Morgan fingerprint density at radius 3 is 2.57 bits per heavy atom. The molecule has 0 amide bonds. The fourth-order valence-electron chi connectivity index (χ4n) is 2.92. The molecule has 1 atom stereocenters. The van der Waals surface area contributed by atoms with E-state index < -0.39 is 5.92 Å². The summed E-state index contributed by atoms with van der Waals surface area (Å²) in [4.78, 5) is 31.2. The van der Waals surface area contributed by atoms with Gasteiger partial charge in [-0.15, -0.1) is 0 Å². The summed E-state index contributed by atoms with van der Waals surface area (Å²) in [6.07, 6.45) is 0. The Morgan fingerprint density at radius 1 is 1.30 bits per heavy atom. The van der Waals surface area contributed by atoms with Gasteiger partial charge in [-0.05, 0) is 31.5 Å². The Hall–Kier alpha value is -2.60. The Kier molecular flexibility index (Phi) is 3.69. The number of benzene rings is 1. The van der Waals surface area contributed by atoms with Gasteiger partial charge in [0.15, 0.2) is 5.78 Å². The number of carbonyl (C=O) groups excluding carboxylic acids is 1. The van der Waals surface area contributed by atoms with Crippen LogP contribution in [-0.2, 0) is 4.79 Å². The number of carbonyl (C=O) groups is 1. The number of aromatic amines is 1. The van der Waals surface area contributed by atoms with Gasteiger partial charge in [0.1, 0.15) is 5.82 Å². The van der Waals surface area contributed by atoms with Gasteiger partial charge < -0.3 is 11.1 Å². The molecule has 1 aliphatic rings. The Bertz CT molecular complexity index is 884. The highest BCUT2D eigenvalue weighted by Crippen LogP contribution is 2.39. The van der Waals surface area contributed by atoms with Gasteiger partial charge in [-0.25, -0.2) is 0 Å². The minimum absolute atomic E-state index is 0.0233. The van der Waals surface area contributed by atoms with Crippen LogP contribution in [0.25, 0.3) is 0 Å². The second-order valence-electron chi connectivity index (χ2n) is 5.42. The number of allylic oxidation sites excluding steroid dienone is 2. The maximum absolute atomic E-state index is 12.4. The van der Waals surface area contributed by atoms with Gasteiger partial charge in [0, 0.05) is 22.2 Å². The van der Waals surface area contributed by atoms with Crippen molar-refractivity contribution in [3.63, 3.8) is 0 Å². The summed E-state index contributed by atoms with van der Waals surface area (Å²) in [5.74, 6) is -0.237. The summed E-state index contributed by atoms with van der Waals surface area (Å²) in [5.41, 5.74) is 7.59. The third-order valence-electron chi connectivity index (χ3n) is 3.84. The van der Waals surface area contributed by atoms with Crippen molar-refractivity contribution >= 4 is 29.2 Å². The van der Waals surface area contributed by atoms with E-state index in [1.807, 2.05) is 0 Å². The lowest BCUT2D eigenvalue weighted by Crippen LogP contribution is -2.30. The summed E-state index contributed by atoms with van der Waals surface area (Å²) in [5, 5.41) is 3.59. The fraction of sp³-hybridized carbons (Fsp3) is 0.188. The molecule has 0 aliphatic carbocycles. The van der Waals surface area contributed by atoms with Gasteiger partial charge >= 0.3 is 0 Å². The van der Waals surface area contributed by atoms with Gasteiger partial charge in [-0.2, -0.15) is 4.98 Å². The highest BCUT2D eigenvalue weighted by atomic mass is 35.5. The second kappa shape index (κ2) is 5.55. The van der Waals surface area contributed by atoms with Crippen molar-refractivity contribution in [2.75, 3.05) is 11.1 Å². The number of nitrogens with zero attached hydrogens (tertiary/aromatic N) is 1. The van der Waals surface area contributed by atoms with E-state index in [4.69, 9.17) is 17.3 Å². The van der Waals surface area contributed by atoms with E-state index >= 15 is 0 Å². The topological polar surface area (TPSA) is 101 Å². The number of hydrogen-bond donors (Lipinski definition) is 3. The number of nitrogens with one attached hydrogen (secondary N) is 2. The number of aromatic nitrogens is 2. The molecule has 3 rings (SSSR count). The van der Waals surface area contributed by atoms with Crippen molar-refractivity contribution in [1.29, 1.82) is 0 Å². The Morgan fingerprint density at radius 2 is 1.96 bits per heavy atom. The molecule has 23 heavy (non-hydrogen) atoms. The summed E-state index contributed by atoms with van der Waals surface area (Å²) in [6, 6.07) is 7.05. The Labute approximate surface area is 137 Å². The molecule has 2 heterocycles. The molecule has 1 aromatic heterocycles. The number of Topliss-reactive ketones (excluding diaryl/α,β-unsaturated/α-hetero) is 1. The molecule has 6 nitrogen and oxygen atoms in total. The first-order valence-corrected chi connectivity index (χ1v) is 7.40. The minimum atomic E-state index is -0.516. The van der Waals surface area contributed by atoms with E-state index in [0.717, 1.165) is 5.56 Å². The first-order chi connectivity index (χ1) is 10.9. The summed E-state index contributed by atoms with van der Waals surface area (Å²) in [7, 11) is 0. The molecular weight excluding hydrogens is 316 g/mol. The summed E-state index contributed by atoms with van der Waals surface area (Å²) < 4.78 is 0. The molecule has 4 N–H and O–H groups in total. The van der Waals surface area contributed by atoms with Crippen molar-refractivity contribution in [3.8, 4) is 0 Å². The lowest BCUT2D eigenvalue weighted by Gasteiger charge is -2.28. The van der Waals surface area contributed by atoms with Crippen LogP contribution in [0.1, 0.15) is 30.9 Å². The average Bonchev–Trinajstić information content (AvgIpc) is 2.45. The number of H-pyrrole nitrogens is 1. The molecular formula is C16H15ClN4O2. The predicted octanol–water partition coefficient (Wildman–Crippen LogP) is 2.43. The fourth-order valence-corrected chi connectivity index (χ4v) is 3.05. The monoisotopic (exact) mass is 330 g/mol. The smallest absolute Gasteiger partial charge is 0.258 e. The van der Waals surface area contributed by atoms with E-state index in [1.54, 1.807) is 31.2 Å². The first-order valence-electron chi connectivity index (χ1n) is 7.02. The zero-order valence-electron chi connectivity index (χ0n) is 12.6. The molecule has 118 valence electrons. The van der Waals surface area contributed by atoms with Gasteiger partial charge in [-0.3, -0.25) is 14.6 Å². The van der Waals surface area contributed by atoms with Crippen molar-refractivity contribution in [1.82, 2.24) is 9.97 Å². The maximum atomic E-state index is 12.4. The number of ketones is 1. The number of halogens is 1. The lowest BCUT2D eigenvalue weighted by molar-refractivity contribution is -0.113. The van der Waals surface area contributed by atoms with Crippen molar-refractivity contribution in [2.45, 2.75) is 19.8 Å². The molecule has 0 spiro atoms. The molecule has 0 fully saturated rings. The van der Waals surface area contributed by atoms with Crippen LogP contribution in [0, 0.1) is 0 Å². The SMILES string of the molecule is CC(=O)C1=C(C)Nc2nc(N)[nH]c(=O)c2C1c1ccc(Cl)cc1. The van der Waals surface area contributed by atoms with Crippen molar-refractivity contribution in [3.05, 3.63) is 62.0 Å². The number of rotatable bonds is 2. The molecule has 1 aromatic carbocycles. The van der Waals surface area contributed by atoms with Crippen molar-refractivity contribution in [2.24, 2.45) is 0 Å². The van der Waals surface area contributed by atoms with Crippen LogP contribution in [0.4, 0.5) is 11.8 Å². The number of fused-ring (bicyclic) bond motifs is 1. The van der Waals surface area contributed by atoms with Crippen LogP contribution in [0.2, 0.25) is 5.02 Å². The second-order valence-corrected chi connectivity index (χ2v) is 5.85. The highest BCUT2D eigenvalue weighted by Gasteiger charge is 2.33. The molecule has 0 saturated carbocycles. The molecule has 2 aromatic rings. The van der Waals surface area contributed by atoms with Gasteiger partial charge in [0.2, 0.25) is 5.95 Å². The number of nitrogens with two attached hydrogens (primary N) is 1. The lowest BCUT2D eigenvalue weighted by atomic mass is 9.81. The first kappa shape index (κ1) is 15.3. The largest absolute Gasteiger partial charge is 0.369 e. The summed E-state index contributed by atoms with van der Waals surface area (Å²) >= 11 is 5.94. The predicted molar refractivity (Wildman–Crippen MR) is 89.6 cm³/mol. The van der Waals surface area contributed by atoms with E-state index in [9.17, 15) is 9.59 Å². The van der Waals surface area contributed by atoms with Crippen LogP contribution in [0.5, 0.6) is 0 Å². The zero-order valence-corrected chi connectivity index (χ0v) is 13.4. The van der Waals surface area contributed by atoms with Gasteiger partial charge in [-0.1, -0.05) is 23.7 Å². The van der Waals surface area contributed by atoms with Crippen LogP contribution in [-0.4, -0.2) is 15.8 Å². The average molecular weight is 331 g/mol.